The second-order valence-electron chi connectivity index (χ2n) is 4.27. The minimum atomic E-state index is -4.83. The maximum Gasteiger partial charge on any atom is 0.419 e. The number of alkyl halides is 3. The first-order valence-corrected chi connectivity index (χ1v) is 5.81. The lowest BCUT2D eigenvalue weighted by Gasteiger charge is -2.11. The minimum absolute atomic E-state index is 0.148. The number of rotatable bonds is 2. The van der Waals surface area contributed by atoms with Gasteiger partial charge in [-0.25, -0.2) is 4.39 Å². The molecule has 0 saturated heterocycles. The molecule has 7 heteroatoms. The maximum atomic E-state index is 13.1. The highest BCUT2D eigenvalue weighted by Crippen LogP contribution is 2.33. The number of anilines is 2. The van der Waals surface area contributed by atoms with E-state index in [0.717, 1.165) is 6.07 Å². The van der Waals surface area contributed by atoms with Gasteiger partial charge in [-0.1, -0.05) is 0 Å². The van der Waals surface area contributed by atoms with E-state index in [1.54, 1.807) is 0 Å². The van der Waals surface area contributed by atoms with Crippen LogP contribution in [-0.2, 0) is 6.18 Å². The topological polar surface area (TPSA) is 55.1 Å². The Kier molecular flexibility index (Phi) is 3.84. The zero-order chi connectivity index (χ0) is 15.6. The Hall–Kier alpha value is -2.57. The summed E-state index contributed by atoms with van der Waals surface area (Å²) in [7, 11) is 0. The zero-order valence-corrected chi connectivity index (χ0v) is 10.5. The highest BCUT2D eigenvalue weighted by molar-refractivity contribution is 6.04. The molecule has 0 saturated carbocycles. The summed E-state index contributed by atoms with van der Waals surface area (Å²) in [5.74, 6) is -2.01. The SMILES string of the molecule is Nc1ccc(C(=O)Nc2ccc(F)c(C(F)(F)F)c2)cc1. The molecule has 0 bridgehead atoms. The molecular weight excluding hydrogens is 288 g/mol. The molecule has 21 heavy (non-hydrogen) atoms. The molecular formula is C14H10F4N2O. The van der Waals surface area contributed by atoms with Gasteiger partial charge in [0.2, 0.25) is 0 Å². The van der Waals surface area contributed by atoms with Gasteiger partial charge in [0.25, 0.3) is 5.91 Å². The number of halogens is 4. The van der Waals surface area contributed by atoms with Crippen LogP contribution in [0.3, 0.4) is 0 Å². The highest BCUT2D eigenvalue weighted by Gasteiger charge is 2.34. The van der Waals surface area contributed by atoms with E-state index in [1.807, 2.05) is 0 Å². The van der Waals surface area contributed by atoms with Gasteiger partial charge < -0.3 is 11.1 Å². The summed E-state index contributed by atoms with van der Waals surface area (Å²) in [5.41, 5.74) is 4.56. The van der Waals surface area contributed by atoms with Crippen LogP contribution in [0.4, 0.5) is 28.9 Å². The van der Waals surface area contributed by atoms with Crippen molar-refractivity contribution in [2.75, 3.05) is 11.1 Å². The molecule has 3 N–H and O–H groups in total. The van der Waals surface area contributed by atoms with Crippen molar-refractivity contribution >= 4 is 17.3 Å². The molecule has 0 aliphatic rings. The van der Waals surface area contributed by atoms with Crippen LogP contribution in [-0.4, -0.2) is 5.91 Å². The molecule has 2 aromatic carbocycles. The van der Waals surface area contributed by atoms with Crippen molar-refractivity contribution < 1.29 is 22.4 Å². The van der Waals surface area contributed by atoms with Crippen LogP contribution in [0.5, 0.6) is 0 Å². The van der Waals surface area contributed by atoms with E-state index in [2.05, 4.69) is 5.32 Å². The number of amides is 1. The van der Waals surface area contributed by atoms with Gasteiger partial charge >= 0.3 is 6.18 Å². The van der Waals surface area contributed by atoms with Crippen molar-refractivity contribution in [3.05, 3.63) is 59.4 Å². The normalized spacial score (nSPS) is 11.2. The first kappa shape index (κ1) is 14.8. The first-order valence-electron chi connectivity index (χ1n) is 5.81. The zero-order valence-electron chi connectivity index (χ0n) is 10.5. The fourth-order valence-corrected chi connectivity index (χ4v) is 1.66. The van der Waals surface area contributed by atoms with Gasteiger partial charge in [-0.3, -0.25) is 4.79 Å². The first-order chi connectivity index (χ1) is 9.77. The van der Waals surface area contributed by atoms with E-state index in [9.17, 15) is 22.4 Å². The Morgan fingerprint density at radius 2 is 1.67 bits per heavy atom. The predicted octanol–water partition coefficient (Wildman–Crippen LogP) is 3.68. The maximum absolute atomic E-state index is 13.1. The molecule has 0 fully saturated rings. The molecule has 0 aliphatic carbocycles. The fourth-order valence-electron chi connectivity index (χ4n) is 1.66. The van der Waals surface area contributed by atoms with Gasteiger partial charge in [0.1, 0.15) is 5.82 Å². The average molecular weight is 298 g/mol. The molecule has 3 nitrogen and oxygen atoms in total. The fraction of sp³-hybridized carbons (Fsp3) is 0.0714. The van der Waals surface area contributed by atoms with Crippen LogP contribution in [0.2, 0.25) is 0 Å². The highest BCUT2D eigenvalue weighted by atomic mass is 19.4. The van der Waals surface area contributed by atoms with Crippen LogP contribution >= 0.6 is 0 Å². The average Bonchev–Trinajstić information content (AvgIpc) is 2.40. The van der Waals surface area contributed by atoms with Gasteiger partial charge in [0.05, 0.1) is 5.56 Å². The number of carbonyl (C=O) groups is 1. The molecule has 0 spiro atoms. The standard InChI is InChI=1S/C14H10F4N2O/c15-12-6-5-10(7-11(12)14(16,17)18)20-13(21)8-1-3-9(19)4-2-8/h1-7H,19H2,(H,20,21). The van der Waals surface area contributed by atoms with Gasteiger partial charge in [0, 0.05) is 16.9 Å². The molecule has 0 aliphatic heterocycles. The number of benzene rings is 2. The van der Waals surface area contributed by atoms with Crippen molar-refractivity contribution in [3.8, 4) is 0 Å². The number of hydrogen-bond donors (Lipinski definition) is 2. The van der Waals surface area contributed by atoms with Crippen molar-refractivity contribution in [2.45, 2.75) is 6.18 Å². The lowest BCUT2D eigenvalue weighted by Crippen LogP contribution is -2.14. The Morgan fingerprint density at radius 3 is 2.24 bits per heavy atom. The van der Waals surface area contributed by atoms with E-state index >= 15 is 0 Å². The monoisotopic (exact) mass is 298 g/mol. The molecule has 0 radical (unpaired) electrons. The van der Waals surface area contributed by atoms with Crippen LogP contribution < -0.4 is 11.1 Å². The van der Waals surface area contributed by atoms with Gasteiger partial charge in [-0.05, 0) is 42.5 Å². The molecule has 0 unspecified atom stereocenters. The summed E-state index contributed by atoms with van der Waals surface area (Å²) in [6.45, 7) is 0. The number of nitrogens with two attached hydrogens (primary N) is 1. The minimum Gasteiger partial charge on any atom is -0.399 e. The second-order valence-corrected chi connectivity index (χ2v) is 4.27. The molecule has 110 valence electrons. The van der Waals surface area contributed by atoms with E-state index < -0.39 is 23.5 Å². The third-order valence-electron chi connectivity index (χ3n) is 2.70. The van der Waals surface area contributed by atoms with Crippen molar-refractivity contribution in [1.29, 1.82) is 0 Å². The van der Waals surface area contributed by atoms with E-state index in [-0.39, 0.29) is 11.3 Å². The van der Waals surface area contributed by atoms with Crippen LogP contribution in [0.1, 0.15) is 15.9 Å². The predicted molar refractivity (Wildman–Crippen MR) is 70.2 cm³/mol. The largest absolute Gasteiger partial charge is 0.419 e. The molecule has 0 heterocycles. The summed E-state index contributed by atoms with van der Waals surface area (Å²) in [4.78, 5) is 11.8. The quantitative estimate of drug-likeness (QED) is 0.656. The van der Waals surface area contributed by atoms with E-state index in [0.29, 0.717) is 17.8 Å². The lowest BCUT2D eigenvalue weighted by atomic mass is 10.1. The second kappa shape index (κ2) is 5.43. The summed E-state index contributed by atoms with van der Waals surface area (Å²) < 4.78 is 50.8. The van der Waals surface area contributed by atoms with Crippen LogP contribution in [0.25, 0.3) is 0 Å². The molecule has 1 amide bonds. The summed E-state index contributed by atoms with van der Waals surface area (Å²) in [6, 6.07) is 8.09. The Bertz CT molecular complexity index is 666. The molecule has 2 aromatic rings. The van der Waals surface area contributed by atoms with Gasteiger partial charge in [-0.2, -0.15) is 13.2 Å². The summed E-state index contributed by atoms with van der Waals surface area (Å²) >= 11 is 0. The molecule has 0 atom stereocenters. The van der Waals surface area contributed by atoms with Gasteiger partial charge in [0.15, 0.2) is 0 Å². The van der Waals surface area contributed by atoms with Crippen molar-refractivity contribution in [1.82, 2.24) is 0 Å². The van der Waals surface area contributed by atoms with Crippen LogP contribution in [0.15, 0.2) is 42.5 Å². The number of nitrogen functional groups attached to an aromatic ring is 1. The smallest absolute Gasteiger partial charge is 0.399 e. The van der Waals surface area contributed by atoms with Crippen molar-refractivity contribution in [3.63, 3.8) is 0 Å². The Morgan fingerprint density at radius 1 is 1.05 bits per heavy atom. The van der Waals surface area contributed by atoms with E-state index in [1.165, 1.54) is 24.3 Å². The third kappa shape index (κ3) is 3.50. The lowest BCUT2D eigenvalue weighted by molar-refractivity contribution is -0.139. The molecule has 2 rings (SSSR count). The van der Waals surface area contributed by atoms with Crippen molar-refractivity contribution in [2.24, 2.45) is 0 Å². The number of nitrogens with one attached hydrogen (secondary N) is 1. The Labute approximate surface area is 117 Å². The van der Waals surface area contributed by atoms with Gasteiger partial charge in [-0.15, -0.1) is 0 Å². The third-order valence-corrected chi connectivity index (χ3v) is 2.70. The summed E-state index contributed by atoms with van der Waals surface area (Å²) in [5, 5.41) is 2.27. The van der Waals surface area contributed by atoms with E-state index in [4.69, 9.17) is 5.73 Å². The summed E-state index contributed by atoms with van der Waals surface area (Å²) in [6.07, 6.45) is -4.83. The number of carbonyl (C=O) groups excluding carboxylic acids is 1. The number of hydrogen-bond acceptors (Lipinski definition) is 2. The molecule has 0 aromatic heterocycles. The van der Waals surface area contributed by atoms with Crippen LogP contribution in [0, 0.1) is 5.82 Å². The Balaban J connectivity index is 2.24.